The van der Waals surface area contributed by atoms with Crippen LogP contribution in [-0.2, 0) is 11.8 Å². The Kier molecular flexibility index (Phi) is 5.23. The molecule has 1 aromatic heterocycles. The zero-order chi connectivity index (χ0) is 17.1. The van der Waals surface area contributed by atoms with E-state index in [9.17, 15) is 14.4 Å². The van der Waals surface area contributed by atoms with Gasteiger partial charge in [-0.1, -0.05) is 23.2 Å². The fraction of sp³-hybridized carbons (Fsp3) is 0.188. The van der Waals surface area contributed by atoms with Crippen LogP contribution >= 0.6 is 23.2 Å². The second-order valence-corrected chi connectivity index (χ2v) is 5.75. The van der Waals surface area contributed by atoms with Crippen LogP contribution in [0.1, 0.15) is 38.1 Å². The number of aryl methyl sites for hydroxylation is 1. The summed E-state index contributed by atoms with van der Waals surface area (Å²) < 4.78 is 6.46. The number of ketones is 2. The zero-order valence-electron chi connectivity index (χ0n) is 12.4. The van der Waals surface area contributed by atoms with Crippen LogP contribution in [0.3, 0.4) is 0 Å². The van der Waals surface area contributed by atoms with Crippen LogP contribution < -0.4 is 0 Å². The predicted octanol–water partition coefficient (Wildman–Crippen LogP) is 3.57. The van der Waals surface area contributed by atoms with E-state index in [1.54, 1.807) is 7.05 Å². The van der Waals surface area contributed by atoms with E-state index in [0.717, 1.165) is 0 Å². The zero-order valence-corrected chi connectivity index (χ0v) is 13.9. The van der Waals surface area contributed by atoms with E-state index in [1.807, 2.05) is 0 Å². The van der Waals surface area contributed by atoms with Gasteiger partial charge in [-0.25, -0.2) is 4.79 Å². The number of Topliss-reactive ketones (excluding diaryl/α,β-unsaturated/α-hetero) is 2. The van der Waals surface area contributed by atoms with Gasteiger partial charge in [0, 0.05) is 29.4 Å². The molecular weight excluding hydrogens is 341 g/mol. The number of hydrogen-bond acceptors (Lipinski definition) is 4. The highest BCUT2D eigenvalue weighted by molar-refractivity contribution is 6.36. The Labute approximate surface area is 142 Å². The van der Waals surface area contributed by atoms with Crippen molar-refractivity contribution >= 4 is 40.7 Å². The molecule has 0 saturated heterocycles. The van der Waals surface area contributed by atoms with E-state index in [0.29, 0.717) is 10.6 Å². The first-order chi connectivity index (χ1) is 10.8. The highest BCUT2D eigenvalue weighted by Crippen LogP contribution is 2.21. The molecule has 2 aromatic rings. The minimum absolute atomic E-state index is 0.163. The summed E-state index contributed by atoms with van der Waals surface area (Å²) in [4.78, 5) is 35.4. The van der Waals surface area contributed by atoms with Crippen molar-refractivity contribution in [1.82, 2.24) is 4.57 Å². The average molecular weight is 354 g/mol. The number of rotatable bonds is 5. The molecule has 120 valence electrons. The fourth-order valence-corrected chi connectivity index (χ4v) is 2.47. The molecule has 0 amide bonds. The summed E-state index contributed by atoms with van der Waals surface area (Å²) in [5.74, 6) is -1.30. The summed E-state index contributed by atoms with van der Waals surface area (Å²) in [6.07, 6.45) is 1.52. The maximum Gasteiger partial charge on any atom is 0.355 e. The first kappa shape index (κ1) is 17.2. The Morgan fingerprint density at radius 1 is 1.17 bits per heavy atom. The first-order valence-corrected chi connectivity index (χ1v) is 7.38. The summed E-state index contributed by atoms with van der Waals surface area (Å²) in [5, 5.41) is 0.598. The molecule has 0 aliphatic heterocycles. The van der Waals surface area contributed by atoms with E-state index < -0.39 is 18.4 Å². The van der Waals surface area contributed by atoms with E-state index in [4.69, 9.17) is 27.9 Å². The smallest absolute Gasteiger partial charge is 0.355 e. The van der Waals surface area contributed by atoms with Gasteiger partial charge in [-0.15, -0.1) is 0 Å². The van der Waals surface area contributed by atoms with Gasteiger partial charge in [0.25, 0.3) is 0 Å². The molecule has 0 radical (unpaired) electrons. The van der Waals surface area contributed by atoms with Gasteiger partial charge < -0.3 is 9.30 Å². The van der Waals surface area contributed by atoms with Gasteiger partial charge in [0.2, 0.25) is 5.78 Å². The number of esters is 1. The Hall–Kier alpha value is -2.11. The van der Waals surface area contributed by atoms with Crippen LogP contribution in [0.2, 0.25) is 10.0 Å². The Morgan fingerprint density at radius 3 is 2.43 bits per heavy atom. The normalized spacial score (nSPS) is 10.4. The monoisotopic (exact) mass is 353 g/mol. The number of benzene rings is 1. The maximum atomic E-state index is 12.0. The second kappa shape index (κ2) is 6.98. The lowest BCUT2D eigenvalue weighted by Crippen LogP contribution is -2.16. The lowest BCUT2D eigenvalue weighted by atomic mass is 10.1. The molecule has 0 saturated carbocycles. The number of carbonyl (C=O) groups excluding carboxylic acids is 3. The van der Waals surface area contributed by atoms with Crippen molar-refractivity contribution in [2.24, 2.45) is 7.05 Å². The molecule has 0 bridgehead atoms. The third kappa shape index (κ3) is 4.00. The predicted molar refractivity (Wildman–Crippen MR) is 86.5 cm³/mol. The van der Waals surface area contributed by atoms with Gasteiger partial charge in [0.15, 0.2) is 12.4 Å². The Morgan fingerprint density at radius 2 is 1.87 bits per heavy atom. The fourth-order valence-electron chi connectivity index (χ4n) is 1.96. The summed E-state index contributed by atoms with van der Waals surface area (Å²) in [6.45, 7) is 0.942. The van der Waals surface area contributed by atoms with Crippen LogP contribution in [0, 0.1) is 0 Å². The number of carbonyl (C=O) groups is 3. The van der Waals surface area contributed by atoms with Crippen molar-refractivity contribution in [3.63, 3.8) is 0 Å². The number of aromatic nitrogens is 1. The molecule has 0 spiro atoms. The largest absolute Gasteiger partial charge is 0.453 e. The molecule has 5 nitrogen and oxygen atoms in total. The van der Waals surface area contributed by atoms with Crippen LogP contribution in [0.25, 0.3) is 0 Å². The van der Waals surface area contributed by atoms with Crippen LogP contribution in [0.15, 0.2) is 30.5 Å². The number of halogens is 2. The highest BCUT2D eigenvalue weighted by Gasteiger charge is 2.18. The summed E-state index contributed by atoms with van der Waals surface area (Å²) >= 11 is 11.7. The highest BCUT2D eigenvalue weighted by atomic mass is 35.5. The van der Waals surface area contributed by atoms with Crippen LogP contribution in [0.5, 0.6) is 0 Å². The Balaban J connectivity index is 2.07. The van der Waals surface area contributed by atoms with Crippen molar-refractivity contribution in [2.75, 3.05) is 6.61 Å². The van der Waals surface area contributed by atoms with Crippen molar-refractivity contribution in [3.8, 4) is 0 Å². The summed E-state index contributed by atoms with van der Waals surface area (Å²) in [7, 11) is 1.61. The van der Waals surface area contributed by atoms with E-state index in [1.165, 1.54) is 42.0 Å². The molecular formula is C16H13Cl2NO4. The third-order valence-electron chi connectivity index (χ3n) is 3.19. The van der Waals surface area contributed by atoms with Gasteiger partial charge in [0.05, 0.1) is 5.02 Å². The summed E-state index contributed by atoms with van der Waals surface area (Å²) in [6, 6.07) is 5.86. The van der Waals surface area contributed by atoms with Crippen molar-refractivity contribution < 1.29 is 19.1 Å². The molecule has 0 aliphatic carbocycles. The van der Waals surface area contributed by atoms with Gasteiger partial charge in [-0.2, -0.15) is 0 Å². The van der Waals surface area contributed by atoms with Gasteiger partial charge in [-0.3, -0.25) is 9.59 Å². The molecule has 0 aliphatic rings. The molecule has 7 heteroatoms. The van der Waals surface area contributed by atoms with Gasteiger partial charge in [0.1, 0.15) is 5.69 Å². The average Bonchev–Trinajstić information content (AvgIpc) is 2.86. The molecule has 1 aromatic carbocycles. The Bertz CT molecular complexity index is 795. The van der Waals surface area contributed by atoms with E-state index >= 15 is 0 Å². The van der Waals surface area contributed by atoms with E-state index in [2.05, 4.69) is 0 Å². The van der Waals surface area contributed by atoms with Gasteiger partial charge in [-0.05, 0) is 31.2 Å². The molecule has 1 heterocycles. The van der Waals surface area contributed by atoms with Crippen molar-refractivity contribution in [2.45, 2.75) is 6.92 Å². The molecule has 0 atom stereocenters. The topological polar surface area (TPSA) is 65.4 Å². The number of nitrogens with zero attached hydrogens (tertiary/aromatic N) is 1. The third-order valence-corrected chi connectivity index (χ3v) is 3.73. The maximum absolute atomic E-state index is 12.0. The van der Waals surface area contributed by atoms with Crippen LogP contribution in [-0.4, -0.2) is 28.7 Å². The number of hydrogen-bond donors (Lipinski definition) is 0. The molecule has 23 heavy (non-hydrogen) atoms. The van der Waals surface area contributed by atoms with Crippen molar-refractivity contribution in [3.05, 3.63) is 57.3 Å². The van der Waals surface area contributed by atoms with E-state index in [-0.39, 0.29) is 22.1 Å². The second-order valence-electron chi connectivity index (χ2n) is 4.90. The van der Waals surface area contributed by atoms with Crippen LogP contribution in [0.4, 0.5) is 0 Å². The quantitative estimate of drug-likeness (QED) is 0.608. The minimum atomic E-state index is -0.696. The van der Waals surface area contributed by atoms with Crippen molar-refractivity contribution in [1.29, 1.82) is 0 Å². The lowest BCUT2D eigenvalue weighted by molar-refractivity contribution is 0.0465. The SMILES string of the molecule is CC(=O)c1cc(C(=O)OCC(=O)c2ccc(Cl)cc2Cl)n(C)c1. The summed E-state index contributed by atoms with van der Waals surface area (Å²) in [5.41, 5.74) is 0.803. The minimum Gasteiger partial charge on any atom is -0.453 e. The molecule has 0 fully saturated rings. The molecule has 0 unspecified atom stereocenters. The number of ether oxygens (including phenoxy) is 1. The molecule has 0 N–H and O–H groups in total. The van der Waals surface area contributed by atoms with Gasteiger partial charge >= 0.3 is 5.97 Å². The molecule has 2 rings (SSSR count). The standard InChI is InChI=1S/C16H13Cl2NO4/c1-9(20)10-5-14(19(2)7-10)16(22)23-8-15(21)12-4-3-11(17)6-13(12)18/h3-7H,8H2,1-2H3. The first-order valence-electron chi connectivity index (χ1n) is 6.62. The lowest BCUT2D eigenvalue weighted by Gasteiger charge is -2.06.